The van der Waals surface area contributed by atoms with E-state index in [0.717, 1.165) is 29.0 Å². The first kappa shape index (κ1) is 14.3. The quantitative estimate of drug-likeness (QED) is 0.808. The summed E-state index contributed by atoms with van der Waals surface area (Å²) in [5, 5.41) is 0. The highest BCUT2D eigenvalue weighted by Crippen LogP contribution is 2.13. The zero-order valence-electron chi connectivity index (χ0n) is 11.9. The molecule has 3 heteroatoms. The first-order valence-electron chi connectivity index (χ1n) is 6.73. The van der Waals surface area contributed by atoms with Gasteiger partial charge >= 0.3 is 0 Å². The number of carbonyl (C=O) groups is 1. The lowest BCUT2D eigenvalue weighted by atomic mass is 10.0. The van der Waals surface area contributed by atoms with Crippen molar-refractivity contribution in [3.8, 4) is 5.75 Å². The number of hydrogen-bond acceptors (Lipinski definition) is 3. The third-order valence-corrected chi connectivity index (χ3v) is 3.20. The molecule has 0 N–H and O–H groups in total. The fourth-order valence-electron chi connectivity index (χ4n) is 1.97. The Hall–Kier alpha value is -2.16. The monoisotopic (exact) mass is 269 g/mol. The largest absolute Gasteiger partial charge is 0.497 e. The zero-order valence-corrected chi connectivity index (χ0v) is 11.9. The molecule has 0 amide bonds. The van der Waals surface area contributed by atoms with E-state index >= 15 is 0 Å². The normalized spacial score (nSPS) is 10.3. The SMILES string of the molecule is COc1ccc(CCC(=O)Cc2ccc(C)cn2)cc1. The summed E-state index contributed by atoms with van der Waals surface area (Å²) in [5.74, 6) is 1.06. The van der Waals surface area contributed by atoms with E-state index in [9.17, 15) is 4.79 Å². The fraction of sp³-hybridized carbons (Fsp3) is 0.294. The first-order chi connectivity index (χ1) is 9.67. The molecule has 0 saturated carbocycles. The molecule has 0 saturated heterocycles. The molecule has 0 aliphatic heterocycles. The van der Waals surface area contributed by atoms with Crippen molar-refractivity contribution >= 4 is 5.78 Å². The van der Waals surface area contributed by atoms with Crippen LogP contribution in [0.4, 0.5) is 0 Å². The molecule has 0 atom stereocenters. The van der Waals surface area contributed by atoms with Crippen molar-refractivity contribution in [2.24, 2.45) is 0 Å². The second kappa shape index (κ2) is 6.85. The van der Waals surface area contributed by atoms with E-state index in [0.29, 0.717) is 12.8 Å². The van der Waals surface area contributed by atoms with Crippen LogP contribution >= 0.6 is 0 Å². The van der Waals surface area contributed by atoms with Crippen LogP contribution in [0.2, 0.25) is 0 Å². The molecule has 1 aromatic heterocycles. The van der Waals surface area contributed by atoms with Crippen LogP contribution in [0.25, 0.3) is 0 Å². The second-order valence-corrected chi connectivity index (χ2v) is 4.89. The Kier molecular flexibility index (Phi) is 4.88. The number of hydrogen-bond donors (Lipinski definition) is 0. The lowest BCUT2D eigenvalue weighted by molar-refractivity contribution is -0.118. The standard InChI is InChI=1S/C17H19NO2/c1-13-3-7-15(18-12-13)11-16(19)8-4-14-5-9-17(20-2)10-6-14/h3,5-7,9-10,12H,4,8,11H2,1-2H3. The van der Waals surface area contributed by atoms with Crippen molar-refractivity contribution in [2.45, 2.75) is 26.2 Å². The fourth-order valence-corrected chi connectivity index (χ4v) is 1.97. The number of carbonyl (C=O) groups excluding carboxylic acids is 1. The van der Waals surface area contributed by atoms with Gasteiger partial charge in [0.25, 0.3) is 0 Å². The van der Waals surface area contributed by atoms with Gasteiger partial charge < -0.3 is 4.74 Å². The van der Waals surface area contributed by atoms with E-state index in [-0.39, 0.29) is 5.78 Å². The molecule has 2 aromatic rings. The Morgan fingerprint density at radius 3 is 2.50 bits per heavy atom. The topological polar surface area (TPSA) is 39.2 Å². The highest BCUT2D eigenvalue weighted by atomic mass is 16.5. The van der Waals surface area contributed by atoms with Crippen LogP contribution < -0.4 is 4.74 Å². The van der Waals surface area contributed by atoms with E-state index in [1.807, 2.05) is 43.3 Å². The third-order valence-electron chi connectivity index (χ3n) is 3.20. The van der Waals surface area contributed by atoms with Gasteiger partial charge in [0, 0.05) is 24.7 Å². The summed E-state index contributed by atoms with van der Waals surface area (Å²) in [7, 11) is 1.65. The Bertz CT molecular complexity index is 559. The van der Waals surface area contributed by atoms with Gasteiger partial charge in [0.05, 0.1) is 7.11 Å². The molecule has 0 spiro atoms. The van der Waals surface area contributed by atoms with Crippen LogP contribution in [0.3, 0.4) is 0 Å². The highest BCUT2D eigenvalue weighted by Gasteiger charge is 2.05. The predicted molar refractivity (Wildman–Crippen MR) is 79.0 cm³/mol. The molecule has 2 rings (SSSR count). The minimum Gasteiger partial charge on any atom is -0.497 e. The molecule has 0 aliphatic rings. The van der Waals surface area contributed by atoms with E-state index in [1.54, 1.807) is 13.3 Å². The van der Waals surface area contributed by atoms with Gasteiger partial charge in [-0.15, -0.1) is 0 Å². The summed E-state index contributed by atoms with van der Waals surface area (Å²) in [4.78, 5) is 16.2. The van der Waals surface area contributed by atoms with Gasteiger partial charge in [0.2, 0.25) is 0 Å². The molecular formula is C17H19NO2. The van der Waals surface area contributed by atoms with Crippen LogP contribution in [0.15, 0.2) is 42.6 Å². The van der Waals surface area contributed by atoms with Gasteiger partial charge in [0.15, 0.2) is 0 Å². The van der Waals surface area contributed by atoms with Crippen molar-refractivity contribution in [1.29, 1.82) is 0 Å². The summed E-state index contributed by atoms with van der Waals surface area (Å²) in [5.41, 5.74) is 3.10. The molecule has 1 aromatic carbocycles. The van der Waals surface area contributed by atoms with Crippen molar-refractivity contribution in [1.82, 2.24) is 4.98 Å². The number of Topliss-reactive ketones (excluding diaryl/α,β-unsaturated/α-hetero) is 1. The number of aromatic nitrogens is 1. The van der Waals surface area contributed by atoms with E-state index in [4.69, 9.17) is 4.74 Å². The molecule has 0 unspecified atom stereocenters. The summed E-state index contributed by atoms with van der Waals surface area (Å²) in [6, 6.07) is 11.7. The first-order valence-corrected chi connectivity index (χ1v) is 6.73. The average molecular weight is 269 g/mol. The summed E-state index contributed by atoms with van der Waals surface area (Å²) >= 11 is 0. The van der Waals surface area contributed by atoms with Gasteiger partial charge in [-0.25, -0.2) is 0 Å². The number of rotatable bonds is 6. The molecular weight excluding hydrogens is 250 g/mol. The molecule has 3 nitrogen and oxygen atoms in total. The number of ether oxygens (including phenoxy) is 1. The average Bonchev–Trinajstić information content (AvgIpc) is 2.48. The number of methoxy groups -OCH3 is 1. The maximum atomic E-state index is 11.9. The lowest BCUT2D eigenvalue weighted by Crippen LogP contribution is -2.05. The Labute approximate surface area is 119 Å². The Morgan fingerprint density at radius 2 is 1.90 bits per heavy atom. The van der Waals surface area contributed by atoms with Gasteiger partial charge in [-0.05, 0) is 42.7 Å². The third kappa shape index (κ3) is 4.19. The van der Waals surface area contributed by atoms with Gasteiger partial charge in [0.1, 0.15) is 11.5 Å². The van der Waals surface area contributed by atoms with Crippen LogP contribution in [-0.2, 0) is 17.6 Å². The predicted octanol–water partition coefficient (Wildman–Crippen LogP) is 3.14. The summed E-state index contributed by atoms with van der Waals surface area (Å²) in [6.07, 6.45) is 3.51. The van der Waals surface area contributed by atoms with Crippen molar-refractivity contribution in [3.63, 3.8) is 0 Å². The van der Waals surface area contributed by atoms with Gasteiger partial charge in [-0.2, -0.15) is 0 Å². The molecule has 1 heterocycles. The number of aryl methyl sites for hydroxylation is 2. The molecule has 0 bridgehead atoms. The number of benzene rings is 1. The Balaban J connectivity index is 1.83. The van der Waals surface area contributed by atoms with Crippen molar-refractivity contribution in [2.75, 3.05) is 7.11 Å². The number of nitrogens with zero attached hydrogens (tertiary/aromatic N) is 1. The smallest absolute Gasteiger partial charge is 0.139 e. The van der Waals surface area contributed by atoms with Crippen LogP contribution in [0, 0.1) is 6.92 Å². The minimum atomic E-state index is 0.220. The van der Waals surface area contributed by atoms with Gasteiger partial charge in [-0.1, -0.05) is 18.2 Å². The Morgan fingerprint density at radius 1 is 1.15 bits per heavy atom. The molecule has 104 valence electrons. The van der Waals surface area contributed by atoms with Gasteiger partial charge in [-0.3, -0.25) is 9.78 Å². The lowest BCUT2D eigenvalue weighted by Gasteiger charge is -2.04. The maximum absolute atomic E-state index is 11.9. The zero-order chi connectivity index (χ0) is 14.4. The highest BCUT2D eigenvalue weighted by molar-refractivity contribution is 5.80. The number of ketones is 1. The van der Waals surface area contributed by atoms with E-state index in [1.165, 1.54) is 0 Å². The van der Waals surface area contributed by atoms with Crippen molar-refractivity contribution in [3.05, 3.63) is 59.4 Å². The summed E-state index contributed by atoms with van der Waals surface area (Å²) < 4.78 is 5.11. The number of pyridine rings is 1. The maximum Gasteiger partial charge on any atom is 0.139 e. The van der Waals surface area contributed by atoms with Crippen LogP contribution in [0.5, 0.6) is 5.75 Å². The molecule has 0 aliphatic carbocycles. The molecule has 0 fully saturated rings. The van der Waals surface area contributed by atoms with E-state index < -0.39 is 0 Å². The van der Waals surface area contributed by atoms with Crippen LogP contribution in [-0.4, -0.2) is 17.9 Å². The minimum absolute atomic E-state index is 0.220. The summed E-state index contributed by atoms with van der Waals surface area (Å²) in [6.45, 7) is 1.99. The van der Waals surface area contributed by atoms with E-state index in [2.05, 4.69) is 4.98 Å². The van der Waals surface area contributed by atoms with Crippen molar-refractivity contribution < 1.29 is 9.53 Å². The van der Waals surface area contributed by atoms with Crippen LogP contribution in [0.1, 0.15) is 23.2 Å². The molecule has 0 radical (unpaired) electrons. The second-order valence-electron chi connectivity index (χ2n) is 4.89. The molecule has 20 heavy (non-hydrogen) atoms.